The molecule has 0 unspecified atom stereocenters. The lowest BCUT2D eigenvalue weighted by molar-refractivity contribution is -0.160. The number of esters is 1. The number of ether oxygens (including phenoxy) is 1. The number of aryl methyl sites for hydroxylation is 1. The molecular formula is C20H25ClN4O3. The minimum atomic E-state index is -0.649. The number of halogens is 1. The normalized spacial score (nSPS) is 16.0. The second-order valence-corrected chi connectivity index (χ2v) is 7.47. The molecule has 0 atom stereocenters. The van der Waals surface area contributed by atoms with Gasteiger partial charge in [0.2, 0.25) is 5.91 Å². The van der Waals surface area contributed by atoms with Crippen LogP contribution in [0.5, 0.6) is 0 Å². The Kier molecular flexibility index (Phi) is 6.67. The minimum absolute atomic E-state index is 0.0608. The minimum Gasteiger partial charge on any atom is -0.466 e. The van der Waals surface area contributed by atoms with Crippen LogP contribution in [0.4, 0.5) is 0 Å². The van der Waals surface area contributed by atoms with Crippen LogP contribution in [0.3, 0.4) is 0 Å². The molecule has 1 amide bonds. The molecule has 1 fully saturated rings. The number of aromatic nitrogens is 3. The summed E-state index contributed by atoms with van der Waals surface area (Å²) in [6.45, 7) is 3.70. The highest BCUT2D eigenvalue weighted by Crippen LogP contribution is 2.38. The lowest BCUT2D eigenvalue weighted by atomic mass is 9.73. The average Bonchev–Trinajstić information content (AvgIpc) is 3.22. The lowest BCUT2D eigenvalue weighted by Gasteiger charge is -2.40. The Labute approximate surface area is 169 Å². The van der Waals surface area contributed by atoms with Gasteiger partial charge in [0, 0.05) is 24.5 Å². The Morgan fingerprint density at radius 3 is 2.64 bits per heavy atom. The van der Waals surface area contributed by atoms with Crippen molar-refractivity contribution in [3.8, 4) is 0 Å². The van der Waals surface area contributed by atoms with Crippen molar-refractivity contribution in [2.75, 3.05) is 19.7 Å². The Hall–Kier alpha value is -2.41. The molecule has 2 aromatic rings. The van der Waals surface area contributed by atoms with Crippen molar-refractivity contribution in [1.82, 2.24) is 19.7 Å². The molecular weight excluding hydrogens is 380 g/mol. The summed E-state index contributed by atoms with van der Waals surface area (Å²) in [6.07, 6.45) is 5.05. The van der Waals surface area contributed by atoms with E-state index in [0.29, 0.717) is 56.9 Å². The number of hydrogen-bond acceptors (Lipinski definition) is 5. The predicted molar refractivity (Wildman–Crippen MR) is 105 cm³/mol. The first-order valence-corrected chi connectivity index (χ1v) is 9.93. The summed E-state index contributed by atoms with van der Waals surface area (Å²) in [7, 11) is 0. The number of hydrogen-bond donors (Lipinski definition) is 0. The van der Waals surface area contributed by atoms with Crippen molar-refractivity contribution in [2.24, 2.45) is 5.41 Å². The van der Waals surface area contributed by atoms with Gasteiger partial charge in [-0.2, -0.15) is 5.10 Å². The maximum Gasteiger partial charge on any atom is 0.312 e. The van der Waals surface area contributed by atoms with Crippen molar-refractivity contribution in [3.05, 3.63) is 47.5 Å². The molecule has 1 aliphatic heterocycles. The summed E-state index contributed by atoms with van der Waals surface area (Å²) in [5.74, 6) is -0.143. The van der Waals surface area contributed by atoms with Gasteiger partial charge < -0.3 is 9.64 Å². The van der Waals surface area contributed by atoms with Crippen LogP contribution in [-0.2, 0) is 27.3 Å². The zero-order valence-electron chi connectivity index (χ0n) is 16.0. The van der Waals surface area contributed by atoms with Crippen LogP contribution in [0.2, 0.25) is 5.02 Å². The molecule has 0 spiro atoms. The quantitative estimate of drug-likeness (QED) is 0.663. The largest absolute Gasteiger partial charge is 0.466 e. The van der Waals surface area contributed by atoms with Crippen molar-refractivity contribution in [3.63, 3.8) is 0 Å². The van der Waals surface area contributed by atoms with E-state index >= 15 is 0 Å². The molecule has 7 nitrogen and oxygen atoms in total. The number of benzene rings is 1. The predicted octanol–water partition coefficient (Wildman–Crippen LogP) is 2.74. The van der Waals surface area contributed by atoms with E-state index in [1.54, 1.807) is 11.0 Å². The molecule has 1 aromatic heterocycles. The van der Waals surface area contributed by atoms with Crippen LogP contribution in [0.1, 0.15) is 31.7 Å². The molecule has 1 aliphatic rings. The first kappa shape index (κ1) is 20.3. The lowest BCUT2D eigenvalue weighted by Crippen LogP contribution is -2.48. The molecule has 1 aromatic carbocycles. The van der Waals surface area contributed by atoms with E-state index in [1.807, 2.05) is 36.1 Å². The Morgan fingerprint density at radius 1 is 1.25 bits per heavy atom. The van der Waals surface area contributed by atoms with Gasteiger partial charge in [0.25, 0.3) is 0 Å². The maximum absolute atomic E-state index is 12.8. The van der Waals surface area contributed by atoms with Crippen molar-refractivity contribution < 1.29 is 14.3 Å². The van der Waals surface area contributed by atoms with E-state index in [1.165, 1.54) is 6.33 Å². The summed E-state index contributed by atoms with van der Waals surface area (Å²) in [5, 5.41) is 4.67. The third-order valence-electron chi connectivity index (χ3n) is 5.29. The van der Waals surface area contributed by atoms with Crippen LogP contribution in [-0.4, -0.2) is 51.2 Å². The van der Waals surface area contributed by atoms with Crippen LogP contribution in [0, 0.1) is 5.41 Å². The van der Waals surface area contributed by atoms with E-state index in [0.717, 1.165) is 5.56 Å². The first-order valence-electron chi connectivity index (χ1n) is 9.55. The molecule has 28 heavy (non-hydrogen) atoms. The van der Waals surface area contributed by atoms with E-state index in [-0.39, 0.29) is 11.9 Å². The Morgan fingerprint density at radius 2 is 2.00 bits per heavy atom. The van der Waals surface area contributed by atoms with E-state index in [2.05, 4.69) is 10.1 Å². The van der Waals surface area contributed by atoms with Crippen LogP contribution in [0.25, 0.3) is 0 Å². The van der Waals surface area contributed by atoms with E-state index in [4.69, 9.17) is 16.3 Å². The highest BCUT2D eigenvalue weighted by atomic mass is 35.5. The van der Waals surface area contributed by atoms with Gasteiger partial charge in [0.15, 0.2) is 0 Å². The van der Waals surface area contributed by atoms with Gasteiger partial charge in [-0.15, -0.1) is 0 Å². The number of carbonyl (C=O) groups excluding carboxylic acids is 2. The molecule has 1 saturated heterocycles. The molecule has 3 rings (SSSR count). The zero-order valence-corrected chi connectivity index (χ0v) is 16.8. The third-order valence-corrected chi connectivity index (χ3v) is 5.66. The number of likely N-dealkylation sites (tertiary alicyclic amines) is 1. The maximum atomic E-state index is 12.8. The molecule has 0 N–H and O–H groups in total. The smallest absolute Gasteiger partial charge is 0.312 e. The summed E-state index contributed by atoms with van der Waals surface area (Å²) in [6, 6.07) is 7.57. The molecule has 150 valence electrons. The number of nitrogens with zero attached hydrogens (tertiary/aromatic N) is 4. The molecule has 0 bridgehead atoms. The summed E-state index contributed by atoms with van der Waals surface area (Å²) in [5.41, 5.74) is 0.284. The van der Waals surface area contributed by atoms with Crippen LogP contribution < -0.4 is 0 Å². The topological polar surface area (TPSA) is 77.3 Å². The highest BCUT2D eigenvalue weighted by molar-refractivity contribution is 6.31. The second kappa shape index (κ2) is 9.19. The second-order valence-electron chi connectivity index (χ2n) is 7.06. The van der Waals surface area contributed by atoms with Gasteiger partial charge in [-0.25, -0.2) is 4.98 Å². The monoisotopic (exact) mass is 404 g/mol. The SMILES string of the molecule is CCOC(=O)C1(Cc2ccccc2Cl)CCN(C(=O)CCn2cncn2)CC1. The number of carbonyl (C=O) groups is 2. The summed E-state index contributed by atoms with van der Waals surface area (Å²) < 4.78 is 7.03. The summed E-state index contributed by atoms with van der Waals surface area (Å²) >= 11 is 6.33. The third kappa shape index (κ3) is 4.70. The van der Waals surface area contributed by atoms with Gasteiger partial charge in [0.1, 0.15) is 12.7 Å². The standard InChI is InChI=1S/C20H25ClN4O3/c1-2-28-19(27)20(13-16-5-3-4-6-17(16)21)8-11-24(12-9-20)18(26)7-10-25-15-22-14-23-25/h3-6,14-15H,2,7-13H2,1H3. The molecule has 0 saturated carbocycles. The molecule has 0 aliphatic carbocycles. The number of piperidine rings is 1. The van der Waals surface area contributed by atoms with Crippen molar-refractivity contribution in [1.29, 1.82) is 0 Å². The average molecular weight is 405 g/mol. The molecule has 0 radical (unpaired) electrons. The molecule has 8 heteroatoms. The van der Waals surface area contributed by atoms with Gasteiger partial charge in [-0.1, -0.05) is 29.8 Å². The van der Waals surface area contributed by atoms with E-state index < -0.39 is 5.41 Å². The van der Waals surface area contributed by atoms with Crippen LogP contribution >= 0.6 is 11.6 Å². The highest BCUT2D eigenvalue weighted by Gasteiger charge is 2.43. The fourth-order valence-electron chi connectivity index (χ4n) is 3.64. The molecule has 2 heterocycles. The summed E-state index contributed by atoms with van der Waals surface area (Å²) in [4.78, 5) is 31.0. The van der Waals surface area contributed by atoms with Gasteiger partial charge in [-0.3, -0.25) is 14.3 Å². The van der Waals surface area contributed by atoms with Gasteiger partial charge >= 0.3 is 5.97 Å². The van der Waals surface area contributed by atoms with Gasteiger partial charge in [-0.05, 0) is 37.8 Å². The fraction of sp³-hybridized carbons (Fsp3) is 0.500. The van der Waals surface area contributed by atoms with Crippen molar-refractivity contribution in [2.45, 2.75) is 39.2 Å². The fourth-order valence-corrected chi connectivity index (χ4v) is 3.85. The Bertz CT molecular complexity index is 802. The van der Waals surface area contributed by atoms with Gasteiger partial charge in [0.05, 0.1) is 18.6 Å². The number of amides is 1. The van der Waals surface area contributed by atoms with E-state index in [9.17, 15) is 9.59 Å². The number of rotatable bonds is 7. The first-order chi connectivity index (χ1) is 13.5. The van der Waals surface area contributed by atoms with Crippen LogP contribution in [0.15, 0.2) is 36.9 Å². The Balaban J connectivity index is 1.65. The zero-order chi connectivity index (χ0) is 20.0. The van der Waals surface area contributed by atoms with Crippen molar-refractivity contribution >= 4 is 23.5 Å².